The van der Waals surface area contributed by atoms with E-state index < -0.39 is 5.97 Å². The predicted molar refractivity (Wildman–Crippen MR) is 131 cm³/mol. The second-order valence-corrected chi connectivity index (χ2v) is 7.87. The number of ether oxygens (including phenoxy) is 2. The van der Waals surface area contributed by atoms with Gasteiger partial charge in [-0.25, -0.2) is 4.79 Å². The van der Waals surface area contributed by atoms with Gasteiger partial charge in [-0.3, -0.25) is 0 Å². The van der Waals surface area contributed by atoms with Crippen molar-refractivity contribution in [1.82, 2.24) is 0 Å². The van der Waals surface area contributed by atoms with Gasteiger partial charge in [0, 0.05) is 0 Å². The maximum Gasteiger partial charge on any atom is 0.339 e. The summed E-state index contributed by atoms with van der Waals surface area (Å²) in [7, 11) is 1.65. The fourth-order valence-electron chi connectivity index (χ4n) is 4.10. The summed E-state index contributed by atoms with van der Waals surface area (Å²) >= 11 is 0. The SMILES string of the molecule is COc1ccc2cc(-c3ccc(C(=O)O)c(OCc4cccc5ccccc45)c3)ccc2c1. The summed E-state index contributed by atoms with van der Waals surface area (Å²) in [5.41, 5.74) is 3.03. The van der Waals surface area contributed by atoms with Gasteiger partial charge in [0.15, 0.2) is 0 Å². The standard InChI is InChI=1S/C29H22O4/c1-32-25-13-11-21-15-20(9-10-22(21)16-25)23-12-14-27(29(30)31)28(17-23)33-18-24-7-4-6-19-5-2-3-8-26(19)24/h2-17H,18H2,1H3,(H,30,31). The summed E-state index contributed by atoms with van der Waals surface area (Å²) < 4.78 is 11.4. The molecule has 0 amide bonds. The van der Waals surface area contributed by atoms with E-state index in [4.69, 9.17) is 9.47 Å². The van der Waals surface area contributed by atoms with Crippen molar-refractivity contribution in [2.24, 2.45) is 0 Å². The fourth-order valence-corrected chi connectivity index (χ4v) is 4.10. The monoisotopic (exact) mass is 434 g/mol. The van der Waals surface area contributed by atoms with Crippen LogP contribution in [0.25, 0.3) is 32.7 Å². The number of rotatable bonds is 6. The predicted octanol–water partition coefficient (Wildman–Crippen LogP) is 6.95. The maximum atomic E-state index is 11.8. The molecular formula is C29H22O4. The van der Waals surface area contributed by atoms with Crippen LogP contribution in [0.2, 0.25) is 0 Å². The number of hydrogen-bond donors (Lipinski definition) is 1. The zero-order valence-electron chi connectivity index (χ0n) is 18.1. The number of hydrogen-bond acceptors (Lipinski definition) is 3. The molecule has 0 aliphatic carbocycles. The van der Waals surface area contributed by atoms with Crippen molar-refractivity contribution >= 4 is 27.5 Å². The van der Waals surface area contributed by atoms with Crippen LogP contribution >= 0.6 is 0 Å². The minimum absolute atomic E-state index is 0.143. The molecule has 0 unspecified atom stereocenters. The number of benzene rings is 5. The molecule has 0 aliphatic rings. The van der Waals surface area contributed by atoms with E-state index in [9.17, 15) is 9.90 Å². The van der Waals surface area contributed by atoms with Gasteiger partial charge in [0.25, 0.3) is 0 Å². The van der Waals surface area contributed by atoms with Crippen molar-refractivity contribution in [2.45, 2.75) is 6.61 Å². The molecule has 0 aromatic heterocycles. The summed E-state index contributed by atoms with van der Waals surface area (Å²) in [5, 5.41) is 14.1. The van der Waals surface area contributed by atoms with Crippen molar-refractivity contribution in [2.75, 3.05) is 7.11 Å². The van der Waals surface area contributed by atoms with E-state index in [-0.39, 0.29) is 12.2 Å². The second-order valence-electron chi connectivity index (χ2n) is 7.87. The third kappa shape index (κ3) is 4.11. The largest absolute Gasteiger partial charge is 0.497 e. The Morgan fingerprint density at radius 2 is 1.48 bits per heavy atom. The van der Waals surface area contributed by atoms with Gasteiger partial charge < -0.3 is 14.6 Å². The topological polar surface area (TPSA) is 55.8 Å². The molecule has 0 spiro atoms. The Hall–Kier alpha value is -4.31. The minimum Gasteiger partial charge on any atom is -0.497 e. The van der Waals surface area contributed by atoms with Crippen LogP contribution < -0.4 is 9.47 Å². The maximum absolute atomic E-state index is 11.8. The average molecular weight is 434 g/mol. The third-order valence-corrected chi connectivity index (χ3v) is 5.86. The van der Waals surface area contributed by atoms with E-state index in [1.165, 1.54) is 0 Å². The molecular weight excluding hydrogens is 412 g/mol. The first-order chi connectivity index (χ1) is 16.1. The van der Waals surface area contributed by atoms with Crippen LogP contribution in [0.1, 0.15) is 15.9 Å². The molecule has 5 aromatic rings. The molecule has 162 valence electrons. The molecule has 0 bridgehead atoms. The highest BCUT2D eigenvalue weighted by molar-refractivity contribution is 5.93. The first-order valence-electron chi connectivity index (χ1n) is 10.7. The quantitative estimate of drug-likeness (QED) is 0.314. The highest BCUT2D eigenvalue weighted by atomic mass is 16.5. The molecule has 0 heterocycles. The highest BCUT2D eigenvalue weighted by Gasteiger charge is 2.14. The van der Waals surface area contributed by atoms with E-state index in [1.54, 1.807) is 19.2 Å². The fraction of sp³-hybridized carbons (Fsp3) is 0.0690. The molecule has 1 N–H and O–H groups in total. The van der Waals surface area contributed by atoms with E-state index in [1.807, 2.05) is 66.7 Å². The molecule has 33 heavy (non-hydrogen) atoms. The van der Waals surface area contributed by atoms with Crippen molar-refractivity contribution in [1.29, 1.82) is 0 Å². The lowest BCUT2D eigenvalue weighted by atomic mass is 9.99. The molecule has 5 rings (SSSR count). The van der Waals surface area contributed by atoms with Gasteiger partial charge in [0.1, 0.15) is 23.7 Å². The van der Waals surface area contributed by atoms with Crippen LogP contribution in [0, 0.1) is 0 Å². The van der Waals surface area contributed by atoms with E-state index in [0.29, 0.717) is 5.75 Å². The smallest absolute Gasteiger partial charge is 0.339 e. The molecule has 0 aliphatic heterocycles. The summed E-state index contributed by atoms with van der Waals surface area (Å²) in [6.07, 6.45) is 0. The minimum atomic E-state index is -1.01. The van der Waals surface area contributed by atoms with Gasteiger partial charge in [-0.1, -0.05) is 66.7 Å². The van der Waals surface area contributed by atoms with Gasteiger partial charge in [-0.15, -0.1) is 0 Å². The average Bonchev–Trinajstić information content (AvgIpc) is 2.86. The number of aromatic carboxylic acids is 1. The van der Waals surface area contributed by atoms with Gasteiger partial charge in [-0.2, -0.15) is 0 Å². The molecule has 4 heteroatoms. The van der Waals surface area contributed by atoms with Crippen molar-refractivity contribution in [3.8, 4) is 22.6 Å². The van der Waals surface area contributed by atoms with Crippen molar-refractivity contribution in [3.05, 3.63) is 108 Å². The molecule has 0 saturated carbocycles. The Morgan fingerprint density at radius 3 is 2.33 bits per heavy atom. The van der Waals surface area contributed by atoms with Crippen LogP contribution in [-0.4, -0.2) is 18.2 Å². The van der Waals surface area contributed by atoms with Gasteiger partial charge >= 0.3 is 5.97 Å². The molecule has 4 nitrogen and oxygen atoms in total. The Morgan fingerprint density at radius 1 is 0.758 bits per heavy atom. The Balaban J connectivity index is 1.50. The molecule has 0 radical (unpaired) electrons. The lowest BCUT2D eigenvalue weighted by Gasteiger charge is -2.13. The van der Waals surface area contributed by atoms with Crippen LogP contribution in [0.15, 0.2) is 97.1 Å². The van der Waals surface area contributed by atoms with Gasteiger partial charge in [0.05, 0.1) is 7.11 Å². The lowest BCUT2D eigenvalue weighted by Crippen LogP contribution is -2.04. The highest BCUT2D eigenvalue weighted by Crippen LogP contribution is 2.32. The Kier molecular flexibility index (Phi) is 5.41. The summed E-state index contributed by atoms with van der Waals surface area (Å²) in [6.45, 7) is 0.280. The number of carbonyl (C=O) groups is 1. The Bertz CT molecular complexity index is 1480. The lowest BCUT2D eigenvalue weighted by molar-refractivity contribution is 0.0692. The third-order valence-electron chi connectivity index (χ3n) is 5.86. The molecule has 0 saturated heterocycles. The van der Waals surface area contributed by atoms with Gasteiger partial charge in [-0.05, 0) is 68.6 Å². The first kappa shape index (κ1) is 20.6. The Labute approximate surface area is 191 Å². The number of carboxylic acid groups (broad SMARTS) is 1. The van der Waals surface area contributed by atoms with Crippen molar-refractivity contribution < 1.29 is 19.4 Å². The summed E-state index contributed by atoms with van der Waals surface area (Å²) in [6, 6.07) is 31.4. The zero-order chi connectivity index (χ0) is 22.8. The van der Waals surface area contributed by atoms with Crippen LogP contribution in [0.4, 0.5) is 0 Å². The first-order valence-corrected chi connectivity index (χ1v) is 10.7. The van der Waals surface area contributed by atoms with Gasteiger partial charge in [0.2, 0.25) is 0 Å². The number of methoxy groups -OCH3 is 1. The zero-order valence-corrected chi connectivity index (χ0v) is 18.1. The van der Waals surface area contributed by atoms with Crippen molar-refractivity contribution in [3.63, 3.8) is 0 Å². The number of fused-ring (bicyclic) bond motifs is 2. The molecule has 0 fully saturated rings. The molecule has 0 atom stereocenters. The van der Waals surface area contributed by atoms with E-state index in [0.717, 1.165) is 44.0 Å². The van der Waals surface area contributed by atoms with Crippen LogP contribution in [0.3, 0.4) is 0 Å². The summed E-state index contributed by atoms with van der Waals surface area (Å²) in [5.74, 6) is 0.146. The van der Waals surface area contributed by atoms with E-state index >= 15 is 0 Å². The van der Waals surface area contributed by atoms with Crippen LogP contribution in [-0.2, 0) is 6.61 Å². The summed E-state index contributed by atoms with van der Waals surface area (Å²) in [4.78, 5) is 11.8. The van der Waals surface area contributed by atoms with Crippen LogP contribution in [0.5, 0.6) is 11.5 Å². The number of carboxylic acids is 1. The van der Waals surface area contributed by atoms with E-state index in [2.05, 4.69) is 18.2 Å². The second kappa shape index (κ2) is 8.67. The normalized spacial score (nSPS) is 10.9. The molecule has 5 aromatic carbocycles.